The Balaban J connectivity index is 1.29. The van der Waals surface area contributed by atoms with E-state index in [0.29, 0.717) is 5.91 Å². The summed E-state index contributed by atoms with van der Waals surface area (Å²) < 4.78 is 0. The van der Waals surface area contributed by atoms with E-state index in [4.69, 9.17) is 0 Å². The number of piperidine rings is 1. The monoisotopic (exact) mass is 442 g/mol. The molecular weight excluding hydrogens is 404 g/mol. The van der Waals surface area contributed by atoms with Gasteiger partial charge in [-0.2, -0.15) is 0 Å². The predicted molar refractivity (Wildman–Crippen MR) is 125 cm³/mol. The first-order valence-corrected chi connectivity index (χ1v) is 12.5. The molecule has 4 rings (SSSR count). The van der Waals surface area contributed by atoms with Crippen molar-refractivity contribution in [1.82, 2.24) is 14.8 Å². The number of carbonyl (C=O) groups excluding carboxylic acids is 1. The third-order valence-corrected chi connectivity index (χ3v) is 7.76. The van der Waals surface area contributed by atoms with Crippen LogP contribution < -0.4 is 4.90 Å². The maximum Gasteiger partial charge on any atom is 0.303 e. The van der Waals surface area contributed by atoms with E-state index in [1.165, 1.54) is 19.3 Å². The lowest BCUT2D eigenvalue weighted by Gasteiger charge is -2.41. The summed E-state index contributed by atoms with van der Waals surface area (Å²) >= 11 is 0. The number of carboxylic acids is 1. The Morgan fingerprint density at radius 1 is 0.969 bits per heavy atom. The summed E-state index contributed by atoms with van der Waals surface area (Å²) in [6.45, 7) is 6.37. The predicted octanol–water partition coefficient (Wildman–Crippen LogP) is 3.11. The fourth-order valence-corrected chi connectivity index (χ4v) is 5.80. The summed E-state index contributed by atoms with van der Waals surface area (Å²) in [4.78, 5) is 35.9. The summed E-state index contributed by atoms with van der Waals surface area (Å²) in [6, 6.07) is 6.03. The molecule has 7 heteroatoms. The lowest BCUT2D eigenvalue weighted by Crippen LogP contribution is -2.49. The second kappa shape index (κ2) is 11.1. The Morgan fingerprint density at radius 3 is 2.44 bits per heavy atom. The maximum absolute atomic E-state index is 13.1. The van der Waals surface area contributed by atoms with Crippen LogP contribution in [0.3, 0.4) is 0 Å². The highest BCUT2D eigenvalue weighted by Gasteiger charge is 2.35. The SMILES string of the molecule is O=C(O)CC1CCN(C(=O)C2CCCCC2)CC1CCN1CCN(c2ccccn2)CC1. The van der Waals surface area contributed by atoms with Gasteiger partial charge in [-0.15, -0.1) is 0 Å². The number of nitrogens with zero attached hydrogens (tertiary/aromatic N) is 4. The Kier molecular flexibility index (Phi) is 8.00. The topological polar surface area (TPSA) is 77.0 Å². The fraction of sp³-hybridized carbons (Fsp3) is 0.720. The zero-order chi connectivity index (χ0) is 22.3. The van der Waals surface area contributed by atoms with Crippen molar-refractivity contribution in [3.05, 3.63) is 24.4 Å². The van der Waals surface area contributed by atoms with Crippen molar-refractivity contribution in [2.45, 2.75) is 51.4 Å². The first kappa shape index (κ1) is 23.0. The van der Waals surface area contributed by atoms with Crippen molar-refractivity contribution >= 4 is 17.7 Å². The molecule has 0 radical (unpaired) electrons. The Labute approximate surface area is 191 Å². The minimum absolute atomic E-state index is 0.178. The third kappa shape index (κ3) is 6.00. The number of piperazine rings is 1. The number of hydrogen-bond acceptors (Lipinski definition) is 5. The van der Waals surface area contributed by atoms with Crippen LogP contribution >= 0.6 is 0 Å². The van der Waals surface area contributed by atoms with Gasteiger partial charge in [-0.25, -0.2) is 4.98 Å². The van der Waals surface area contributed by atoms with Crippen LogP contribution in [0.2, 0.25) is 0 Å². The molecule has 1 aliphatic carbocycles. The van der Waals surface area contributed by atoms with Crippen molar-refractivity contribution in [2.24, 2.45) is 17.8 Å². The molecule has 2 aliphatic heterocycles. The van der Waals surface area contributed by atoms with Crippen LogP contribution in [0.4, 0.5) is 5.82 Å². The van der Waals surface area contributed by atoms with Crippen LogP contribution in [0.25, 0.3) is 0 Å². The average Bonchev–Trinajstić information content (AvgIpc) is 2.84. The second-order valence-corrected chi connectivity index (χ2v) is 9.83. The minimum atomic E-state index is -0.712. The standard InChI is InChI=1S/C25H38N4O3/c30-24(31)18-21-10-13-29(25(32)20-6-2-1-3-7-20)19-22(21)9-12-27-14-16-28(17-15-27)23-8-4-5-11-26-23/h4-5,8,11,20-22H,1-3,6-7,9-10,12-19H2,(H,30,31). The molecule has 2 saturated heterocycles. The number of carboxylic acid groups (broad SMARTS) is 1. The molecule has 0 aromatic carbocycles. The zero-order valence-electron chi connectivity index (χ0n) is 19.2. The molecule has 1 amide bonds. The van der Waals surface area contributed by atoms with Crippen LogP contribution in [0, 0.1) is 17.8 Å². The average molecular weight is 443 g/mol. The van der Waals surface area contributed by atoms with Crippen LogP contribution in [0.15, 0.2) is 24.4 Å². The molecule has 3 heterocycles. The van der Waals surface area contributed by atoms with Crippen molar-refractivity contribution in [2.75, 3.05) is 50.7 Å². The molecule has 0 spiro atoms. The first-order chi connectivity index (χ1) is 15.6. The molecule has 2 atom stereocenters. The molecule has 3 fully saturated rings. The van der Waals surface area contributed by atoms with Crippen LogP contribution in [0.1, 0.15) is 51.4 Å². The number of anilines is 1. The van der Waals surface area contributed by atoms with Gasteiger partial charge in [0.15, 0.2) is 0 Å². The molecule has 0 bridgehead atoms. The smallest absolute Gasteiger partial charge is 0.303 e. The highest BCUT2D eigenvalue weighted by molar-refractivity contribution is 5.79. The van der Waals surface area contributed by atoms with E-state index in [0.717, 1.165) is 77.3 Å². The summed E-state index contributed by atoms with van der Waals surface area (Å²) in [5, 5.41) is 9.41. The van der Waals surface area contributed by atoms with Gasteiger partial charge in [0.2, 0.25) is 5.91 Å². The molecule has 32 heavy (non-hydrogen) atoms. The Bertz CT molecular complexity index is 745. The number of amides is 1. The molecule has 7 nitrogen and oxygen atoms in total. The number of hydrogen-bond donors (Lipinski definition) is 1. The van der Waals surface area contributed by atoms with Crippen molar-refractivity contribution in [3.8, 4) is 0 Å². The van der Waals surface area contributed by atoms with E-state index in [1.54, 1.807) is 0 Å². The Hall–Kier alpha value is -2.15. The highest BCUT2D eigenvalue weighted by atomic mass is 16.4. The number of aromatic nitrogens is 1. The number of aliphatic carboxylic acids is 1. The summed E-state index contributed by atoms with van der Waals surface area (Å²) in [5.74, 6) is 1.31. The van der Waals surface area contributed by atoms with Gasteiger partial charge >= 0.3 is 5.97 Å². The van der Waals surface area contributed by atoms with E-state index in [9.17, 15) is 14.7 Å². The normalized spacial score (nSPS) is 25.6. The number of carbonyl (C=O) groups is 2. The molecule has 3 aliphatic rings. The summed E-state index contributed by atoms with van der Waals surface area (Å²) in [5.41, 5.74) is 0. The van der Waals surface area contributed by atoms with Gasteiger partial charge in [0.05, 0.1) is 0 Å². The highest BCUT2D eigenvalue weighted by Crippen LogP contribution is 2.32. The third-order valence-electron chi connectivity index (χ3n) is 7.76. The van der Waals surface area contributed by atoms with Gasteiger partial charge in [0, 0.05) is 57.8 Å². The van der Waals surface area contributed by atoms with Gasteiger partial charge in [0.1, 0.15) is 5.82 Å². The fourth-order valence-electron chi connectivity index (χ4n) is 5.80. The Morgan fingerprint density at radius 2 is 1.75 bits per heavy atom. The van der Waals surface area contributed by atoms with Crippen LogP contribution in [-0.2, 0) is 9.59 Å². The van der Waals surface area contributed by atoms with Crippen molar-refractivity contribution in [1.29, 1.82) is 0 Å². The molecule has 2 unspecified atom stereocenters. The summed E-state index contributed by atoms with van der Waals surface area (Å²) in [6.07, 6.45) is 9.49. The van der Waals surface area contributed by atoms with Gasteiger partial charge in [0.25, 0.3) is 0 Å². The molecule has 1 saturated carbocycles. The van der Waals surface area contributed by atoms with E-state index in [2.05, 4.69) is 25.8 Å². The number of likely N-dealkylation sites (tertiary alicyclic amines) is 1. The lowest BCUT2D eigenvalue weighted by molar-refractivity contribution is -0.141. The first-order valence-electron chi connectivity index (χ1n) is 12.5. The minimum Gasteiger partial charge on any atom is -0.481 e. The largest absolute Gasteiger partial charge is 0.481 e. The van der Waals surface area contributed by atoms with Crippen LogP contribution in [-0.4, -0.2) is 77.6 Å². The summed E-state index contributed by atoms with van der Waals surface area (Å²) in [7, 11) is 0. The molecule has 1 aromatic heterocycles. The van der Waals surface area contributed by atoms with Gasteiger partial charge in [-0.1, -0.05) is 25.3 Å². The zero-order valence-corrected chi connectivity index (χ0v) is 19.2. The van der Waals surface area contributed by atoms with Gasteiger partial charge < -0.3 is 14.9 Å². The van der Waals surface area contributed by atoms with Crippen LogP contribution in [0.5, 0.6) is 0 Å². The van der Waals surface area contributed by atoms with E-state index >= 15 is 0 Å². The quantitative estimate of drug-likeness (QED) is 0.699. The van der Waals surface area contributed by atoms with E-state index in [1.807, 2.05) is 18.3 Å². The lowest BCUT2D eigenvalue weighted by atomic mass is 9.80. The van der Waals surface area contributed by atoms with E-state index in [-0.39, 0.29) is 24.2 Å². The van der Waals surface area contributed by atoms with Gasteiger partial charge in [-0.3, -0.25) is 14.5 Å². The van der Waals surface area contributed by atoms with Crippen molar-refractivity contribution < 1.29 is 14.7 Å². The van der Waals surface area contributed by atoms with Crippen molar-refractivity contribution in [3.63, 3.8) is 0 Å². The van der Waals surface area contributed by atoms with E-state index < -0.39 is 5.97 Å². The molecule has 1 N–H and O–H groups in total. The maximum atomic E-state index is 13.1. The molecule has 1 aromatic rings. The number of rotatable bonds is 7. The van der Waals surface area contributed by atoms with Gasteiger partial charge in [-0.05, 0) is 56.2 Å². The molecular formula is C25H38N4O3. The molecule has 176 valence electrons. The second-order valence-electron chi connectivity index (χ2n) is 9.83. The number of pyridine rings is 1.